The SMILES string of the molecule is COc1cc([C@@H](O)[C@H](CO[C@@H]2O[C@@H](C)[C@H](O)[C@@H](O)[C@H]2O)Oc2ccc(CCCO)cc2OC)ccc1O. The second-order valence-electron chi connectivity index (χ2n) is 8.86. The molecule has 0 spiro atoms. The van der Waals surface area contributed by atoms with Crippen molar-refractivity contribution in [2.24, 2.45) is 0 Å². The Bertz CT molecular complexity index is 1000. The van der Waals surface area contributed by atoms with Gasteiger partial charge >= 0.3 is 0 Å². The monoisotopic (exact) mass is 524 g/mol. The van der Waals surface area contributed by atoms with Crippen LogP contribution in [0.4, 0.5) is 0 Å². The number of ether oxygens (including phenoxy) is 5. The number of hydrogen-bond acceptors (Lipinski definition) is 11. The van der Waals surface area contributed by atoms with Crippen molar-refractivity contribution in [1.82, 2.24) is 0 Å². The lowest BCUT2D eigenvalue weighted by Gasteiger charge is -2.39. The number of aliphatic hydroxyl groups is 5. The third-order valence-electron chi connectivity index (χ3n) is 6.26. The van der Waals surface area contributed by atoms with Gasteiger partial charge in [0.2, 0.25) is 0 Å². The maximum atomic E-state index is 11.2. The summed E-state index contributed by atoms with van der Waals surface area (Å²) in [5, 5.41) is 60.6. The molecular formula is C26H36O11. The van der Waals surface area contributed by atoms with Crippen molar-refractivity contribution >= 4 is 0 Å². The third kappa shape index (κ3) is 7.02. The standard InChI is InChI=1S/C26H36O11/c1-14-22(29)24(31)25(32)26(36-14)35-13-21(23(30)16-7-8-17(28)19(12-16)33-2)37-18-9-6-15(5-4-10-27)11-20(18)34-3/h6-9,11-12,14,21-32H,4-5,10,13H2,1-3H3/t14-,21-,22-,23+,24+,25+,26+/m0/s1. The molecule has 11 heteroatoms. The van der Waals surface area contributed by atoms with Crippen LogP contribution in [0.3, 0.4) is 0 Å². The summed E-state index contributed by atoms with van der Waals surface area (Å²) in [6, 6.07) is 9.60. The van der Waals surface area contributed by atoms with Crippen LogP contribution in [0.5, 0.6) is 23.0 Å². The first-order chi connectivity index (χ1) is 17.7. The maximum Gasteiger partial charge on any atom is 0.186 e. The van der Waals surface area contributed by atoms with Crippen molar-refractivity contribution in [2.75, 3.05) is 27.4 Å². The highest BCUT2D eigenvalue weighted by atomic mass is 16.7. The van der Waals surface area contributed by atoms with Crippen molar-refractivity contribution in [3.05, 3.63) is 47.5 Å². The van der Waals surface area contributed by atoms with E-state index in [2.05, 4.69) is 0 Å². The van der Waals surface area contributed by atoms with E-state index in [1.165, 1.54) is 39.3 Å². The molecule has 1 aliphatic heterocycles. The lowest BCUT2D eigenvalue weighted by Crippen LogP contribution is -2.57. The topological polar surface area (TPSA) is 168 Å². The van der Waals surface area contributed by atoms with Gasteiger partial charge in [-0.05, 0) is 55.2 Å². The van der Waals surface area contributed by atoms with Crippen LogP contribution < -0.4 is 14.2 Å². The molecule has 0 saturated carbocycles. The molecule has 3 rings (SSSR count). The zero-order chi connectivity index (χ0) is 27.1. The molecule has 0 radical (unpaired) electrons. The number of methoxy groups -OCH3 is 2. The first-order valence-corrected chi connectivity index (χ1v) is 12.0. The largest absolute Gasteiger partial charge is 0.504 e. The zero-order valence-electron chi connectivity index (χ0n) is 21.1. The van der Waals surface area contributed by atoms with Gasteiger partial charge in [-0.3, -0.25) is 0 Å². The Morgan fingerprint density at radius 1 is 0.919 bits per heavy atom. The van der Waals surface area contributed by atoms with Crippen molar-refractivity contribution in [1.29, 1.82) is 0 Å². The second-order valence-corrected chi connectivity index (χ2v) is 8.86. The number of phenols is 1. The first-order valence-electron chi connectivity index (χ1n) is 12.0. The zero-order valence-corrected chi connectivity index (χ0v) is 21.1. The van der Waals surface area contributed by atoms with Crippen LogP contribution >= 0.6 is 0 Å². The molecule has 6 N–H and O–H groups in total. The summed E-state index contributed by atoms with van der Waals surface area (Å²) in [6.45, 7) is 1.30. The molecule has 0 aliphatic carbocycles. The van der Waals surface area contributed by atoms with E-state index in [0.29, 0.717) is 29.9 Å². The highest BCUT2D eigenvalue weighted by Crippen LogP contribution is 2.35. The molecule has 37 heavy (non-hydrogen) atoms. The van der Waals surface area contributed by atoms with Gasteiger partial charge in [0, 0.05) is 6.61 Å². The quantitative estimate of drug-likeness (QED) is 0.231. The minimum atomic E-state index is -1.53. The number of hydrogen-bond donors (Lipinski definition) is 6. The number of aromatic hydroxyl groups is 1. The van der Waals surface area contributed by atoms with E-state index in [1.807, 2.05) is 6.07 Å². The van der Waals surface area contributed by atoms with E-state index in [-0.39, 0.29) is 24.7 Å². The van der Waals surface area contributed by atoms with Crippen LogP contribution in [0.25, 0.3) is 0 Å². The van der Waals surface area contributed by atoms with Crippen LogP contribution in [-0.2, 0) is 15.9 Å². The number of phenolic OH excluding ortho intramolecular Hbond substituents is 1. The van der Waals surface area contributed by atoms with Gasteiger partial charge in [-0.15, -0.1) is 0 Å². The fourth-order valence-corrected chi connectivity index (χ4v) is 4.03. The van der Waals surface area contributed by atoms with Crippen LogP contribution in [0, 0.1) is 0 Å². The van der Waals surface area contributed by atoms with E-state index >= 15 is 0 Å². The average molecular weight is 525 g/mol. The Morgan fingerprint density at radius 3 is 2.32 bits per heavy atom. The van der Waals surface area contributed by atoms with E-state index in [0.717, 1.165) is 5.56 Å². The molecule has 0 bridgehead atoms. The Kier molecular flexibility index (Phi) is 10.4. The molecule has 7 atom stereocenters. The van der Waals surface area contributed by atoms with E-state index in [1.54, 1.807) is 12.1 Å². The highest BCUT2D eigenvalue weighted by Gasteiger charge is 2.43. The summed E-state index contributed by atoms with van der Waals surface area (Å²) >= 11 is 0. The average Bonchev–Trinajstić information content (AvgIpc) is 2.91. The number of benzene rings is 2. The Balaban J connectivity index is 1.86. The summed E-state index contributed by atoms with van der Waals surface area (Å²) in [6.07, 6.45) is -7.52. The summed E-state index contributed by atoms with van der Waals surface area (Å²) in [5.41, 5.74) is 1.28. The fourth-order valence-electron chi connectivity index (χ4n) is 4.03. The van der Waals surface area contributed by atoms with E-state index < -0.39 is 42.9 Å². The first kappa shape index (κ1) is 28.9. The van der Waals surface area contributed by atoms with Crippen molar-refractivity contribution < 1.29 is 54.3 Å². The predicted molar refractivity (Wildman–Crippen MR) is 131 cm³/mol. The van der Waals surface area contributed by atoms with Gasteiger partial charge in [-0.2, -0.15) is 0 Å². The summed E-state index contributed by atoms with van der Waals surface area (Å²) in [5.74, 6) is 0.756. The van der Waals surface area contributed by atoms with Gasteiger partial charge in [0.05, 0.1) is 26.9 Å². The molecule has 1 fully saturated rings. The molecule has 2 aromatic carbocycles. The van der Waals surface area contributed by atoms with Gasteiger partial charge in [-0.1, -0.05) is 12.1 Å². The van der Waals surface area contributed by atoms with Gasteiger partial charge < -0.3 is 54.3 Å². The van der Waals surface area contributed by atoms with Gasteiger partial charge in [0.15, 0.2) is 35.4 Å². The Hall–Kier alpha value is -2.64. The summed E-state index contributed by atoms with van der Waals surface area (Å²) in [4.78, 5) is 0. The fraction of sp³-hybridized carbons (Fsp3) is 0.538. The Labute approximate surface area is 215 Å². The second kappa shape index (κ2) is 13.2. The minimum absolute atomic E-state index is 0.0572. The van der Waals surface area contributed by atoms with Crippen LogP contribution in [0.1, 0.15) is 30.6 Å². The van der Waals surface area contributed by atoms with Crippen molar-refractivity contribution in [3.8, 4) is 23.0 Å². The van der Waals surface area contributed by atoms with Gasteiger partial charge in [0.25, 0.3) is 0 Å². The molecule has 1 aliphatic rings. The molecule has 0 amide bonds. The number of aliphatic hydroxyl groups excluding tert-OH is 5. The smallest absolute Gasteiger partial charge is 0.186 e. The molecule has 1 saturated heterocycles. The molecule has 2 aromatic rings. The van der Waals surface area contributed by atoms with Crippen LogP contribution in [0.15, 0.2) is 36.4 Å². The Morgan fingerprint density at radius 2 is 1.65 bits per heavy atom. The molecule has 11 nitrogen and oxygen atoms in total. The van der Waals surface area contributed by atoms with Crippen molar-refractivity contribution in [3.63, 3.8) is 0 Å². The number of aryl methyl sites for hydroxylation is 1. The third-order valence-corrected chi connectivity index (χ3v) is 6.26. The molecule has 0 aromatic heterocycles. The number of rotatable bonds is 12. The summed E-state index contributed by atoms with van der Waals surface area (Å²) in [7, 11) is 2.86. The normalized spacial score (nSPS) is 25.4. The predicted octanol–water partition coefficient (Wildman–Crippen LogP) is 0.659. The van der Waals surface area contributed by atoms with E-state index in [9.17, 15) is 25.5 Å². The minimum Gasteiger partial charge on any atom is -0.504 e. The van der Waals surface area contributed by atoms with Crippen molar-refractivity contribution in [2.45, 2.75) is 62.7 Å². The summed E-state index contributed by atoms with van der Waals surface area (Å²) < 4.78 is 27.9. The van der Waals surface area contributed by atoms with Crippen LogP contribution in [0.2, 0.25) is 0 Å². The molecule has 206 valence electrons. The highest BCUT2D eigenvalue weighted by molar-refractivity contribution is 5.44. The van der Waals surface area contributed by atoms with Crippen LogP contribution in [-0.4, -0.2) is 94.9 Å². The van der Waals surface area contributed by atoms with Gasteiger partial charge in [-0.25, -0.2) is 0 Å². The lowest BCUT2D eigenvalue weighted by molar-refractivity contribution is -0.297. The van der Waals surface area contributed by atoms with Gasteiger partial charge in [0.1, 0.15) is 24.4 Å². The molecule has 0 unspecified atom stereocenters. The van der Waals surface area contributed by atoms with E-state index in [4.69, 9.17) is 28.8 Å². The maximum absolute atomic E-state index is 11.2. The molecular weight excluding hydrogens is 488 g/mol. The molecule has 1 heterocycles. The lowest BCUT2D eigenvalue weighted by atomic mass is 10.00.